The van der Waals surface area contributed by atoms with E-state index < -0.39 is 6.10 Å². The fourth-order valence-corrected chi connectivity index (χ4v) is 2.18. The largest absolute Gasteiger partial charge is 0.498 e. The van der Waals surface area contributed by atoms with Gasteiger partial charge in [-0.15, -0.1) is 0 Å². The molecule has 0 spiro atoms. The summed E-state index contributed by atoms with van der Waals surface area (Å²) in [5.74, 6) is 0.316. The summed E-state index contributed by atoms with van der Waals surface area (Å²) in [6.07, 6.45) is 4.26. The highest BCUT2D eigenvalue weighted by Crippen LogP contribution is 2.23. The number of methoxy groups -OCH3 is 1. The fraction of sp³-hybridized carbons (Fsp3) is 0.188. The number of carbonyl (C=O) groups excluding carboxylic acids is 1. The summed E-state index contributed by atoms with van der Waals surface area (Å²) in [4.78, 5) is 19.5. The van der Waals surface area contributed by atoms with Gasteiger partial charge in [-0.3, -0.25) is 4.79 Å². The van der Waals surface area contributed by atoms with Gasteiger partial charge in [-0.1, -0.05) is 30.3 Å². The molecule has 1 heterocycles. The van der Waals surface area contributed by atoms with Gasteiger partial charge in [0, 0.05) is 6.08 Å². The van der Waals surface area contributed by atoms with Crippen molar-refractivity contribution in [3.05, 3.63) is 59.4 Å². The number of allylic oxidation sites excluding steroid dienone is 1. The molecule has 1 atom stereocenters. The molecule has 1 aromatic carbocycles. The van der Waals surface area contributed by atoms with Crippen LogP contribution >= 0.6 is 0 Å². The molecule has 5 nitrogen and oxygen atoms in total. The third kappa shape index (κ3) is 2.83. The van der Waals surface area contributed by atoms with Crippen LogP contribution in [0.1, 0.15) is 5.56 Å². The third-order valence-corrected chi connectivity index (χ3v) is 3.26. The summed E-state index contributed by atoms with van der Waals surface area (Å²) in [6, 6.07) is 9.82. The molecule has 5 heteroatoms. The van der Waals surface area contributed by atoms with Gasteiger partial charge < -0.3 is 9.47 Å². The highest BCUT2D eigenvalue weighted by molar-refractivity contribution is 6.31. The number of ether oxygens (including phenoxy) is 2. The van der Waals surface area contributed by atoms with Gasteiger partial charge in [-0.05, 0) is 11.6 Å². The lowest BCUT2D eigenvalue weighted by Gasteiger charge is -2.23. The number of benzene rings is 1. The molecule has 0 fully saturated rings. The minimum Gasteiger partial charge on any atom is -0.498 e. The van der Waals surface area contributed by atoms with Crippen LogP contribution in [-0.2, 0) is 20.9 Å². The van der Waals surface area contributed by atoms with Crippen molar-refractivity contribution in [3.63, 3.8) is 0 Å². The van der Waals surface area contributed by atoms with Crippen molar-refractivity contribution >= 4 is 18.0 Å². The standard InChI is InChI=1S/C16H14N2O3/c1-20-14-8-13-12(16(19)18-10-17-13)7-15(14)21-9-11-5-3-2-4-6-11/h2-8,10,15H,9H2,1H3. The molecular weight excluding hydrogens is 268 g/mol. The van der Waals surface area contributed by atoms with Gasteiger partial charge in [0.2, 0.25) is 0 Å². The Morgan fingerprint density at radius 2 is 2.05 bits per heavy atom. The molecule has 3 rings (SSSR count). The molecule has 0 saturated carbocycles. The van der Waals surface area contributed by atoms with Crippen molar-refractivity contribution in [3.8, 4) is 0 Å². The van der Waals surface area contributed by atoms with Crippen molar-refractivity contribution in [2.24, 2.45) is 9.98 Å². The average Bonchev–Trinajstić information content (AvgIpc) is 2.53. The van der Waals surface area contributed by atoms with Crippen molar-refractivity contribution in [1.82, 2.24) is 0 Å². The molecule has 106 valence electrons. The molecule has 0 N–H and O–H groups in total. The molecule has 0 radical (unpaired) electrons. The minimum absolute atomic E-state index is 0.306. The molecule has 2 aliphatic rings. The fourth-order valence-electron chi connectivity index (χ4n) is 2.18. The van der Waals surface area contributed by atoms with E-state index in [0.29, 0.717) is 23.7 Å². The van der Waals surface area contributed by atoms with Gasteiger partial charge >= 0.3 is 0 Å². The van der Waals surface area contributed by atoms with Gasteiger partial charge in [0.15, 0.2) is 0 Å². The van der Waals surface area contributed by atoms with E-state index in [4.69, 9.17) is 9.47 Å². The Balaban J connectivity index is 1.79. The maximum absolute atomic E-state index is 11.8. The normalized spacial score (nSPS) is 20.3. The van der Waals surface area contributed by atoms with Crippen LogP contribution in [0.3, 0.4) is 0 Å². The van der Waals surface area contributed by atoms with Crippen molar-refractivity contribution < 1.29 is 14.3 Å². The lowest BCUT2D eigenvalue weighted by molar-refractivity contribution is -0.114. The molecule has 1 amide bonds. The topological polar surface area (TPSA) is 60.2 Å². The smallest absolute Gasteiger partial charge is 0.280 e. The van der Waals surface area contributed by atoms with Crippen molar-refractivity contribution in [2.45, 2.75) is 12.7 Å². The van der Waals surface area contributed by atoms with Gasteiger partial charge in [-0.25, -0.2) is 4.99 Å². The predicted octanol–water partition coefficient (Wildman–Crippen LogP) is 2.05. The monoisotopic (exact) mass is 282 g/mol. The first-order chi connectivity index (χ1) is 10.3. The molecule has 0 bridgehead atoms. The van der Waals surface area contributed by atoms with Crippen molar-refractivity contribution in [1.29, 1.82) is 0 Å². The van der Waals surface area contributed by atoms with Crippen LogP contribution in [0.25, 0.3) is 0 Å². The molecular formula is C16H14N2O3. The van der Waals surface area contributed by atoms with Crippen LogP contribution in [0.4, 0.5) is 0 Å². The van der Waals surface area contributed by atoms with E-state index in [1.165, 1.54) is 6.34 Å². The number of carbonyl (C=O) groups is 1. The van der Waals surface area contributed by atoms with Gasteiger partial charge in [0.05, 0.1) is 25.0 Å². The van der Waals surface area contributed by atoms with E-state index in [1.807, 2.05) is 30.3 Å². The Bertz CT molecular complexity index is 672. The number of hydrogen-bond acceptors (Lipinski definition) is 4. The zero-order valence-electron chi connectivity index (χ0n) is 11.5. The van der Waals surface area contributed by atoms with Crippen LogP contribution in [0.2, 0.25) is 0 Å². The lowest BCUT2D eigenvalue weighted by Crippen LogP contribution is -2.26. The van der Waals surface area contributed by atoms with Gasteiger partial charge in [-0.2, -0.15) is 4.99 Å². The molecule has 0 aromatic heterocycles. The number of aliphatic imine (C=N–C) groups is 2. The van der Waals surface area contributed by atoms with Crippen molar-refractivity contribution in [2.75, 3.05) is 7.11 Å². The zero-order valence-corrected chi connectivity index (χ0v) is 11.5. The Morgan fingerprint density at radius 3 is 2.81 bits per heavy atom. The summed E-state index contributed by atoms with van der Waals surface area (Å²) in [6.45, 7) is 0.430. The van der Waals surface area contributed by atoms with Crippen LogP contribution < -0.4 is 0 Å². The number of amides is 1. The lowest BCUT2D eigenvalue weighted by atomic mass is 9.99. The number of hydrogen-bond donors (Lipinski definition) is 0. The summed E-state index contributed by atoms with van der Waals surface area (Å²) in [7, 11) is 1.57. The van der Waals surface area contributed by atoms with E-state index >= 15 is 0 Å². The second kappa shape index (κ2) is 5.85. The highest BCUT2D eigenvalue weighted by atomic mass is 16.5. The van der Waals surface area contributed by atoms with Crippen LogP contribution in [0.15, 0.2) is 63.8 Å². The minimum atomic E-state index is -0.415. The first-order valence-electron chi connectivity index (χ1n) is 6.56. The zero-order chi connectivity index (χ0) is 14.7. The predicted molar refractivity (Wildman–Crippen MR) is 79.1 cm³/mol. The Morgan fingerprint density at radius 1 is 1.24 bits per heavy atom. The van der Waals surface area contributed by atoms with Crippen LogP contribution in [0, 0.1) is 0 Å². The third-order valence-electron chi connectivity index (χ3n) is 3.26. The van der Waals surface area contributed by atoms with Crippen LogP contribution in [0.5, 0.6) is 0 Å². The molecule has 1 unspecified atom stereocenters. The average molecular weight is 282 g/mol. The summed E-state index contributed by atoms with van der Waals surface area (Å²) >= 11 is 0. The first-order valence-corrected chi connectivity index (χ1v) is 6.56. The van der Waals surface area contributed by atoms with E-state index in [2.05, 4.69) is 9.98 Å². The van der Waals surface area contributed by atoms with Gasteiger partial charge in [0.1, 0.15) is 18.2 Å². The molecule has 1 aliphatic carbocycles. The summed E-state index contributed by atoms with van der Waals surface area (Å²) < 4.78 is 11.2. The summed E-state index contributed by atoms with van der Waals surface area (Å²) in [5, 5.41) is 0. The molecule has 1 aliphatic heterocycles. The first kappa shape index (κ1) is 13.5. The molecule has 0 saturated heterocycles. The maximum Gasteiger partial charge on any atom is 0.280 e. The van der Waals surface area contributed by atoms with Gasteiger partial charge in [0.25, 0.3) is 5.91 Å². The van der Waals surface area contributed by atoms with E-state index in [9.17, 15) is 4.79 Å². The summed E-state index contributed by atoms with van der Waals surface area (Å²) in [5.41, 5.74) is 2.07. The number of fused-ring (bicyclic) bond motifs is 1. The van der Waals surface area contributed by atoms with E-state index in [1.54, 1.807) is 19.3 Å². The Labute approximate surface area is 122 Å². The molecule has 1 aromatic rings. The second-order valence-corrected chi connectivity index (χ2v) is 4.61. The maximum atomic E-state index is 11.8. The number of nitrogens with zero attached hydrogens (tertiary/aromatic N) is 2. The van der Waals surface area contributed by atoms with Crippen LogP contribution in [-0.4, -0.2) is 31.2 Å². The SMILES string of the molecule is COC1=CC2=NC=NC(=O)C2=CC1OCc1ccccc1. The molecule has 21 heavy (non-hydrogen) atoms. The second-order valence-electron chi connectivity index (χ2n) is 4.61. The van der Waals surface area contributed by atoms with E-state index in [0.717, 1.165) is 5.56 Å². The number of rotatable bonds is 4. The quantitative estimate of drug-likeness (QED) is 0.849. The Hall–Kier alpha value is -2.53. The highest BCUT2D eigenvalue weighted by Gasteiger charge is 2.27. The van der Waals surface area contributed by atoms with E-state index in [-0.39, 0.29) is 5.91 Å². The Kier molecular flexibility index (Phi) is 3.75.